The molecule has 3 rings (SSSR count). The third-order valence-corrected chi connectivity index (χ3v) is 6.20. The molecule has 1 amide bonds. The van der Waals surface area contributed by atoms with Crippen LogP contribution in [0.25, 0.3) is 10.9 Å². The lowest BCUT2D eigenvalue weighted by Crippen LogP contribution is -2.34. The molecule has 0 fully saturated rings. The van der Waals surface area contributed by atoms with E-state index in [9.17, 15) is 9.59 Å². The summed E-state index contributed by atoms with van der Waals surface area (Å²) in [5, 5.41) is 3.78. The van der Waals surface area contributed by atoms with Crippen molar-refractivity contribution in [3.63, 3.8) is 0 Å². The van der Waals surface area contributed by atoms with E-state index in [-0.39, 0.29) is 23.6 Å². The van der Waals surface area contributed by atoms with E-state index in [0.717, 1.165) is 5.56 Å². The minimum absolute atomic E-state index is 0.0899. The van der Waals surface area contributed by atoms with Crippen molar-refractivity contribution < 1.29 is 9.53 Å². The molecule has 6 nitrogen and oxygen atoms in total. The maximum Gasteiger partial charge on any atom is 0.262 e. The van der Waals surface area contributed by atoms with Gasteiger partial charge in [0.25, 0.3) is 5.56 Å². The highest BCUT2D eigenvalue weighted by atomic mass is 32.2. The van der Waals surface area contributed by atoms with Gasteiger partial charge in [0.15, 0.2) is 5.16 Å². The predicted octanol–water partition coefficient (Wildman–Crippen LogP) is 4.57. The Hall–Kier alpha value is -2.64. The van der Waals surface area contributed by atoms with Crippen LogP contribution in [0.3, 0.4) is 0 Å². The van der Waals surface area contributed by atoms with Gasteiger partial charge in [-0.2, -0.15) is 0 Å². The Labute approximate surface area is 193 Å². The highest BCUT2D eigenvalue weighted by Gasteiger charge is 2.21. The molecule has 1 heterocycles. The molecule has 32 heavy (non-hydrogen) atoms. The molecule has 0 radical (unpaired) electrons. The van der Waals surface area contributed by atoms with Gasteiger partial charge in [-0.15, -0.1) is 0 Å². The smallest absolute Gasteiger partial charge is 0.262 e. The van der Waals surface area contributed by atoms with E-state index in [1.165, 1.54) is 11.8 Å². The second-order valence-corrected chi connectivity index (χ2v) is 9.35. The fourth-order valence-corrected chi connectivity index (χ4v) is 4.29. The molecule has 2 unspecified atom stereocenters. The van der Waals surface area contributed by atoms with Crippen LogP contribution in [0.15, 0.2) is 64.5 Å². The fourth-order valence-electron chi connectivity index (χ4n) is 3.34. The van der Waals surface area contributed by atoms with Gasteiger partial charge in [-0.1, -0.05) is 54.2 Å². The number of amides is 1. The minimum atomic E-state index is -0.410. The lowest BCUT2D eigenvalue weighted by Gasteiger charge is -2.19. The SMILES string of the molecule is CC(C)OCCCn1c(SC(C)C(=O)NC(C)c2ccccc2)nc2ccccc2c1=O. The predicted molar refractivity (Wildman–Crippen MR) is 130 cm³/mol. The Morgan fingerprint density at radius 2 is 1.75 bits per heavy atom. The molecule has 7 heteroatoms. The quantitative estimate of drug-likeness (QED) is 0.277. The summed E-state index contributed by atoms with van der Waals surface area (Å²) in [5.74, 6) is -0.0940. The van der Waals surface area contributed by atoms with Crippen molar-refractivity contribution in [3.05, 3.63) is 70.5 Å². The van der Waals surface area contributed by atoms with Gasteiger partial charge in [0, 0.05) is 13.2 Å². The van der Waals surface area contributed by atoms with Gasteiger partial charge in [0.2, 0.25) is 5.91 Å². The number of carbonyl (C=O) groups is 1. The number of hydrogen-bond donors (Lipinski definition) is 1. The molecule has 3 aromatic rings. The fraction of sp³-hybridized carbons (Fsp3) is 0.400. The van der Waals surface area contributed by atoms with E-state index in [4.69, 9.17) is 9.72 Å². The average Bonchev–Trinajstić information content (AvgIpc) is 2.78. The number of ether oxygens (including phenoxy) is 1. The van der Waals surface area contributed by atoms with Crippen molar-refractivity contribution in [2.24, 2.45) is 0 Å². The van der Waals surface area contributed by atoms with Crippen LogP contribution >= 0.6 is 11.8 Å². The Kier molecular flexibility index (Phi) is 8.47. The Bertz CT molecular complexity index is 1100. The average molecular weight is 454 g/mol. The molecule has 1 aromatic heterocycles. The van der Waals surface area contributed by atoms with Crippen molar-refractivity contribution >= 4 is 28.6 Å². The molecule has 0 aliphatic carbocycles. The largest absolute Gasteiger partial charge is 0.379 e. The molecule has 0 spiro atoms. The molecule has 0 saturated carbocycles. The Morgan fingerprint density at radius 1 is 1.06 bits per heavy atom. The van der Waals surface area contributed by atoms with Crippen LogP contribution in [-0.2, 0) is 16.1 Å². The molecular weight excluding hydrogens is 422 g/mol. The van der Waals surface area contributed by atoms with Crippen LogP contribution in [0.5, 0.6) is 0 Å². The highest BCUT2D eigenvalue weighted by molar-refractivity contribution is 8.00. The van der Waals surface area contributed by atoms with Gasteiger partial charge in [0.05, 0.1) is 28.3 Å². The van der Waals surface area contributed by atoms with Gasteiger partial charge in [-0.05, 0) is 51.8 Å². The van der Waals surface area contributed by atoms with E-state index in [1.807, 2.05) is 76.2 Å². The third-order valence-electron chi connectivity index (χ3n) is 5.11. The van der Waals surface area contributed by atoms with Gasteiger partial charge >= 0.3 is 0 Å². The first-order valence-electron chi connectivity index (χ1n) is 11.0. The molecule has 0 saturated heterocycles. The van der Waals surface area contributed by atoms with E-state index in [0.29, 0.717) is 35.6 Å². The summed E-state index contributed by atoms with van der Waals surface area (Å²) in [4.78, 5) is 30.7. The van der Waals surface area contributed by atoms with Crippen LogP contribution < -0.4 is 10.9 Å². The molecule has 0 bridgehead atoms. The first kappa shape index (κ1) is 24.0. The Morgan fingerprint density at radius 3 is 2.47 bits per heavy atom. The van der Waals surface area contributed by atoms with E-state index in [1.54, 1.807) is 10.6 Å². The maximum absolute atomic E-state index is 13.2. The van der Waals surface area contributed by atoms with Crippen LogP contribution in [0, 0.1) is 0 Å². The van der Waals surface area contributed by atoms with Crippen molar-refractivity contribution in [1.82, 2.24) is 14.9 Å². The topological polar surface area (TPSA) is 73.2 Å². The van der Waals surface area contributed by atoms with Crippen LogP contribution in [-0.4, -0.2) is 33.4 Å². The first-order chi connectivity index (χ1) is 15.4. The van der Waals surface area contributed by atoms with Gasteiger partial charge in [-0.25, -0.2) is 4.98 Å². The van der Waals surface area contributed by atoms with Crippen molar-refractivity contribution in [1.29, 1.82) is 0 Å². The summed E-state index contributed by atoms with van der Waals surface area (Å²) < 4.78 is 7.30. The van der Waals surface area contributed by atoms with Gasteiger partial charge < -0.3 is 10.1 Å². The molecular formula is C25H31N3O3S. The van der Waals surface area contributed by atoms with Crippen molar-refractivity contribution in [2.45, 2.75) is 63.2 Å². The number of carbonyl (C=O) groups excluding carboxylic acids is 1. The first-order valence-corrected chi connectivity index (χ1v) is 11.9. The number of rotatable bonds is 10. The highest BCUT2D eigenvalue weighted by Crippen LogP contribution is 2.24. The van der Waals surface area contributed by atoms with Crippen molar-refractivity contribution in [3.8, 4) is 0 Å². The van der Waals surface area contributed by atoms with E-state index in [2.05, 4.69) is 5.32 Å². The number of aromatic nitrogens is 2. The van der Waals surface area contributed by atoms with Gasteiger partial charge in [-0.3, -0.25) is 14.2 Å². The number of hydrogen-bond acceptors (Lipinski definition) is 5. The normalized spacial score (nSPS) is 13.3. The molecule has 2 aromatic carbocycles. The van der Waals surface area contributed by atoms with Crippen molar-refractivity contribution in [2.75, 3.05) is 6.61 Å². The van der Waals surface area contributed by atoms with Crippen LogP contribution in [0.2, 0.25) is 0 Å². The lowest BCUT2D eigenvalue weighted by molar-refractivity contribution is -0.120. The second kappa shape index (κ2) is 11.3. The molecule has 170 valence electrons. The standard InChI is InChI=1S/C25H31N3O3S/c1-17(2)31-16-10-15-28-24(30)21-13-8-9-14-22(21)27-25(28)32-19(4)23(29)26-18(3)20-11-6-5-7-12-20/h5-9,11-14,17-19H,10,15-16H2,1-4H3,(H,26,29). The zero-order chi connectivity index (χ0) is 23.1. The summed E-state index contributed by atoms with van der Waals surface area (Å²) in [5.41, 5.74) is 1.59. The number of benzene rings is 2. The molecule has 1 N–H and O–H groups in total. The maximum atomic E-state index is 13.2. The van der Waals surface area contributed by atoms with E-state index >= 15 is 0 Å². The minimum Gasteiger partial charge on any atom is -0.379 e. The number of nitrogens with zero attached hydrogens (tertiary/aromatic N) is 2. The van der Waals surface area contributed by atoms with Crippen LogP contribution in [0.4, 0.5) is 0 Å². The summed E-state index contributed by atoms with van der Waals surface area (Å²) in [7, 11) is 0. The second-order valence-electron chi connectivity index (χ2n) is 8.04. The summed E-state index contributed by atoms with van der Waals surface area (Å²) in [6.45, 7) is 8.82. The zero-order valence-electron chi connectivity index (χ0n) is 19.1. The number of nitrogens with one attached hydrogen (secondary N) is 1. The summed E-state index contributed by atoms with van der Waals surface area (Å²) in [6.07, 6.45) is 0.836. The zero-order valence-corrected chi connectivity index (χ0v) is 19.9. The lowest BCUT2D eigenvalue weighted by atomic mass is 10.1. The van der Waals surface area contributed by atoms with Crippen LogP contribution in [0.1, 0.15) is 45.7 Å². The third kappa shape index (κ3) is 6.20. The summed E-state index contributed by atoms with van der Waals surface area (Å²) >= 11 is 1.31. The molecule has 0 aliphatic rings. The summed E-state index contributed by atoms with van der Waals surface area (Å²) in [6, 6.07) is 17.1. The molecule has 0 aliphatic heterocycles. The monoisotopic (exact) mass is 453 g/mol. The number of para-hydroxylation sites is 1. The van der Waals surface area contributed by atoms with Gasteiger partial charge in [0.1, 0.15) is 0 Å². The Balaban J connectivity index is 1.78. The number of fused-ring (bicyclic) bond motifs is 1. The van der Waals surface area contributed by atoms with E-state index < -0.39 is 5.25 Å². The molecule has 2 atom stereocenters. The number of thioether (sulfide) groups is 1.